The zero-order valence-electron chi connectivity index (χ0n) is 9.26. The Balaban J connectivity index is 2.89. The van der Waals surface area contributed by atoms with E-state index in [4.69, 9.17) is 0 Å². The SMILES string of the molecule is CCCN(CCC)c1ccc(F)cc1Br. The molecule has 1 aromatic rings. The summed E-state index contributed by atoms with van der Waals surface area (Å²) in [6.07, 6.45) is 2.20. The van der Waals surface area contributed by atoms with Crippen LogP contribution in [0.15, 0.2) is 22.7 Å². The van der Waals surface area contributed by atoms with Gasteiger partial charge in [-0.05, 0) is 47.0 Å². The molecule has 0 radical (unpaired) electrons. The maximum absolute atomic E-state index is 12.9. The summed E-state index contributed by atoms with van der Waals surface area (Å²) in [5.41, 5.74) is 1.08. The fraction of sp³-hybridized carbons (Fsp3) is 0.500. The maximum atomic E-state index is 12.9. The van der Waals surface area contributed by atoms with Gasteiger partial charge in [-0.3, -0.25) is 0 Å². The summed E-state index contributed by atoms with van der Waals surface area (Å²) in [6, 6.07) is 4.87. The first-order valence-electron chi connectivity index (χ1n) is 5.39. The number of rotatable bonds is 5. The molecule has 0 aliphatic heterocycles. The van der Waals surface area contributed by atoms with E-state index in [2.05, 4.69) is 34.7 Å². The third-order valence-corrected chi connectivity index (χ3v) is 2.87. The predicted octanol–water partition coefficient (Wildman–Crippen LogP) is 4.21. The van der Waals surface area contributed by atoms with E-state index in [1.807, 2.05) is 6.07 Å². The van der Waals surface area contributed by atoms with Crippen molar-refractivity contribution in [3.05, 3.63) is 28.5 Å². The van der Waals surface area contributed by atoms with Crippen LogP contribution < -0.4 is 4.90 Å². The van der Waals surface area contributed by atoms with E-state index in [1.54, 1.807) is 0 Å². The molecule has 0 heterocycles. The molecule has 0 saturated heterocycles. The molecule has 0 bridgehead atoms. The van der Waals surface area contributed by atoms with E-state index < -0.39 is 0 Å². The van der Waals surface area contributed by atoms with E-state index in [-0.39, 0.29) is 5.82 Å². The minimum Gasteiger partial charge on any atom is -0.371 e. The average Bonchev–Trinajstić information content (AvgIpc) is 2.17. The van der Waals surface area contributed by atoms with Crippen molar-refractivity contribution < 1.29 is 4.39 Å². The van der Waals surface area contributed by atoms with E-state index in [1.165, 1.54) is 12.1 Å². The van der Waals surface area contributed by atoms with Crippen molar-refractivity contribution in [2.45, 2.75) is 26.7 Å². The van der Waals surface area contributed by atoms with Gasteiger partial charge in [0.2, 0.25) is 0 Å². The molecule has 1 aromatic carbocycles. The highest BCUT2D eigenvalue weighted by Gasteiger charge is 2.08. The molecule has 15 heavy (non-hydrogen) atoms. The van der Waals surface area contributed by atoms with Crippen molar-refractivity contribution in [3.63, 3.8) is 0 Å². The fourth-order valence-electron chi connectivity index (χ4n) is 1.63. The third kappa shape index (κ3) is 3.49. The zero-order valence-corrected chi connectivity index (χ0v) is 10.8. The van der Waals surface area contributed by atoms with E-state index >= 15 is 0 Å². The van der Waals surface area contributed by atoms with Gasteiger partial charge < -0.3 is 4.90 Å². The Morgan fingerprint density at radius 3 is 2.27 bits per heavy atom. The largest absolute Gasteiger partial charge is 0.371 e. The highest BCUT2D eigenvalue weighted by Crippen LogP contribution is 2.27. The van der Waals surface area contributed by atoms with Gasteiger partial charge in [0.1, 0.15) is 5.82 Å². The molecule has 0 unspecified atom stereocenters. The normalized spacial score (nSPS) is 10.4. The van der Waals surface area contributed by atoms with E-state index in [9.17, 15) is 4.39 Å². The molecule has 0 fully saturated rings. The first-order valence-corrected chi connectivity index (χ1v) is 6.18. The van der Waals surface area contributed by atoms with Gasteiger partial charge in [-0.1, -0.05) is 13.8 Å². The molecule has 0 spiro atoms. The highest BCUT2D eigenvalue weighted by molar-refractivity contribution is 9.10. The number of nitrogens with zero attached hydrogens (tertiary/aromatic N) is 1. The smallest absolute Gasteiger partial charge is 0.124 e. The van der Waals surface area contributed by atoms with Gasteiger partial charge in [-0.15, -0.1) is 0 Å². The fourth-order valence-corrected chi connectivity index (χ4v) is 2.23. The Kier molecular flexibility index (Phi) is 5.09. The molecule has 0 saturated carbocycles. The molecule has 1 rings (SSSR count). The van der Waals surface area contributed by atoms with Gasteiger partial charge in [-0.25, -0.2) is 4.39 Å². The standard InChI is InChI=1S/C12H17BrFN/c1-3-7-15(8-4-2)12-6-5-10(14)9-11(12)13/h5-6,9H,3-4,7-8H2,1-2H3. The van der Waals surface area contributed by atoms with Crippen LogP contribution in [0.5, 0.6) is 0 Å². The van der Waals surface area contributed by atoms with Crippen LogP contribution in [0.2, 0.25) is 0 Å². The lowest BCUT2D eigenvalue weighted by atomic mass is 10.2. The number of hydrogen-bond donors (Lipinski definition) is 0. The lowest BCUT2D eigenvalue weighted by Gasteiger charge is -2.24. The lowest BCUT2D eigenvalue weighted by molar-refractivity contribution is 0.626. The van der Waals surface area contributed by atoms with Crippen molar-refractivity contribution in [2.75, 3.05) is 18.0 Å². The second-order valence-electron chi connectivity index (χ2n) is 3.58. The van der Waals surface area contributed by atoms with Crippen molar-refractivity contribution >= 4 is 21.6 Å². The number of halogens is 2. The second-order valence-corrected chi connectivity index (χ2v) is 4.44. The Bertz CT molecular complexity index is 308. The van der Waals surface area contributed by atoms with Crippen LogP contribution in [-0.4, -0.2) is 13.1 Å². The lowest BCUT2D eigenvalue weighted by Crippen LogP contribution is -2.25. The molecular formula is C12H17BrFN. The second kappa shape index (κ2) is 6.11. The minimum absolute atomic E-state index is 0.196. The maximum Gasteiger partial charge on any atom is 0.124 e. The Hall–Kier alpha value is -0.570. The number of hydrogen-bond acceptors (Lipinski definition) is 1. The Labute approximate surface area is 99.4 Å². The average molecular weight is 274 g/mol. The quantitative estimate of drug-likeness (QED) is 0.777. The Morgan fingerprint density at radius 2 is 1.80 bits per heavy atom. The summed E-state index contributed by atoms with van der Waals surface area (Å²) in [6.45, 7) is 6.33. The summed E-state index contributed by atoms with van der Waals surface area (Å²) in [5.74, 6) is -0.196. The number of anilines is 1. The summed E-state index contributed by atoms with van der Waals surface area (Å²) in [4.78, 5) is 2.28. The van der Waals surface area contributed by atoms with Crippen LogP contribution in [0.25, 0.3) is 0 Å². The molecule has 0 aliphatic carbocycles. The number of benzene rings is 1. The van der Waals surface area contributed by atoms with Crippen LogP contribution in [0.4, 0.5) is 10.1 Å². The molecule has 1 nitrogen and oxygen atoms in total. The van der Waals surface area contributed by atoms with Crippen LogP contribution in [-0.2, 0) is 0 Å². The van der Waals surface area contributed by atoms with Crippen molar-refractivity contribution in [1.29, 1.82) is 0 Å². The first kappa shape index (κ1) is 12.5. The van der Waals surface area contributed by atoms with Gasteiger partial charge in [0.05, 0.1) is 5.69 Å². The minimum atomic E-state index is -0.196. The van der Waals surface area contributed by atoms with Crippen molar-refractivity contribution in [2.24, 2.45) is 0 Å². The molecule has 0 N–H and O–H groups in total. The summed E-state index contributed by atoms with van der Waals surface area (Å²) in [7, 11) is 0. The van der Waals surface area contributed by atoms with Crippen LogP contribution in [0.3, 0.4) is 0 Å². The molecule has 0 atom stereocenters. The molecule has 84 valence electrons. The van der Waals surface area contributed by atoms with E-state index in [0.717, 1.165) is 36.1 Å². The van der Waals surface area contributed by atoms with Gasteiger partial charge in [0, 0.05) is 17.6 Å². The Morgan fingerprint density at radius 1 is 1.20 bits per heavy atom. The van der Waals surface area contributed by atoms with Crippen LogP contribution in [0.1, 0.15) is 26.7 Å². The van der Waals surface area contributed by atoms with Gasteiger partial charge in [0.15, 0.2) is 0 Å². The highest BCUT2D eigenvalue weighted by atomic mass is 79.9. The van der Waals surface area contributed by atoms with Crippen molar-refractivity contribution in [1.82, 2.24) is 0 Å². The topological polar surface area (TPSA) is 3.24 Å². The zero-order chi connectivity index (χ0) is 11.3. The van der Waals surface area contributed by atoms with Crippen molar-refractivity contribution in [3.8, 4) is 0 Å². The van der Waals surface area contributed by atoms with Crippen LogP contribution in [0, 0.1) is 5.82 Å². The molecule has 0 aromatic heterocycles. The summed E-state index contributed by atoms with van der Waals surface area (Å²) in [5, 5.41) is 0. The molecule has 0 aliphatic rings. The molecule has 3 heteroatoms. The molecular weight excluding hydrogens is 257 g/mol. The van der Waals surface area contributed by atoms with Gasteiger partial charge in [0.25, 0.3) is 0 Å². The monoisotopic (exact) mass is 273 g/mol. The van der Waals surface area contributed by atoms with E-state index in [0.29, 0.717) is 0 Å². The third-order valence-electron chi connectivity index (χ3n) is 2.24. The predicted molar refractivity (Wildman–Crippen MR) is 66.9 cm³/mol. The molecule has 0 amide bonds. The van der Waals surface area contributed by atoms with Gasteiger partial charge >= 0.3 is 0 Å². The van der Waals surface area contributed by atoms with Crippen LogP contribution >= 0.6 is 15.9 Å². The van der Waals surface area contributed by atoms with Gasteiger partial charge in [-0.2, -0.15) is 0 Å². The summed E-state index contributed by atoms with van der Waals surface area (Å²) >= 11 is 3.41. The first-order chi connectivity index (χ1) is 7.19. The summed E-state index contributed by atoms with van der Waals surface area (Å²) < 4.78 is 13.8.